The van der Waals surface area contributed by atoms with Crippen molar-refractivity contribution in [3.05, 3.63) is 41.7 Å². The summed E-state index contributed by atoms with van der Waals surface area (Å²) in [6.07, 6.45) is 0. The second kappa shape index (κ2) is 5.26. The Morgan fingerprint density at radius 2 is 1.69 bits per heavy atom. The summed E-state index contributed by atoms with van der Waals surface area (Å²) in [7, 11) is 0. The van der Waals surface area contributed by atoms with Gasteiger partial charge in [-0.15, -0.1) is 0 Å². The molecule has 0 saturated heterocycles. The van der Waals surface area contributed by atoms with Crippen LogP contribution in [0.25, 0.3) is 0 Å². The Bertz CT molecular complexity index is 440. The quantitative estimate of drug-likeness (QED) is 0.480. The highest BCUT2D eigenvalue weighted by Gasteiger charge is 2.11. The van der Waals surface area contributed by atoms with E-state index < -0.39 is 0 Å². The van der Waals surface area contributed by atoms with Crippen molar-refractivity contribution < 1.29 is 9.90 Å². The second-order valence-corrected chi connectivity index (χ2v) is 3.55. The van der Waals surface area contributed by atoms with Crippen LogP contribution in [0.2, 0.25) is 0 Å². The number of aliphatic hydroxyl groups excluding tert-OH is 1. The lowest BCUT2D eigenvalue weighted by Crippen LogP contribution is -2.09. The van der Waals surface area contributed by atoms with Crippen LogP contribution in [0.15, 0.2) is 46.7 Å². The van der Waals surface area contributed by atoms with E-state index >= 15 is 0 Å². The van der Waals surface area contributed by atoms with Gasteiger partial charge in [-0.3, -0.25) is 9.79 Å². The third-order valence-corrected chi connectivity index (χ3v) is 2.13. The first-order valence-corrected chi connectivity index (χ1v) is 5.04. The van der Waals surface area contributed by atoms with Gasteiger partial charge in [-0.2, -0.15) is 0 Å². The lowest BCUT2D eigenvalue weighted by Gasteiger charge is -2.04. The second-order valence-electron chi connectivity index (χ2n) is 3.55. The highest BCUT2D eigenvalue weighted by Crippen LogP contribution is 2.14. The van der Waals surface area contributed by atoms with Crippen LogP contribution in [0.4, 0.5) is 5.69 Å². The minimum atomic E-state index is -0.183. The third-order valence-electron chi connectivity index (χ3n) is 2.13. The number of nitrogens with zero attached hydrogens (tertiary/aromatic N) is 1. The molecule has 0 heterocycles. The van der Waals surface area contributed by atoms with Crippen molar-refractivity contribution in [2.24, 2.45) is 4.99 Å². The smallest absolute Gasteiger partial charge is 0.164 e. The van der Waals surface area contributed by atoms with Crippen LogP contribution in [0.1, 0.15) is 20.8 Å². The highest BCUT2D eigenvalue weighted by molar-refractivity contribution is 6.21. The Morgan fingerprint density at radius 1 is 1.12 bits per heavy atom. The zero-order valence-corrected chi connectivity index (χ0v) is 9.69. The van der Waals surface area contributed by atoms with Crippen LogP contribution in [-0.4, -0.2) is 16.6 Å². The minimum absolute atomic E-state index is 0.00433. The summed E-state index contributed by atoms with van der Waals surface area (Å²) in [5.41, 5.74) is 1.57. The van der Waals surface area contributed by atoms with E-state index in [9.17, 15) is 9.90 Å². The molecule has 0 aliphatic rings. The summed E-state index contributed by atoms with van der Waals surface area (Å²) >= 11 is 0. The SMILES string of the molecule is CC(=O)C(C(C)=Nc1ccccc1)=C(C)O. The number of Topliss-reactive ketones (excluding diaryl/α,β-unsaturated/α-hetero) is 1. The van der Waals surface area contributed by atoms with Crippen molar-refractivity contribution in [3.63, 3.8) is 0 Å². The van der Waals surface area contributed by atoms with Crippen molar-refractivity contribution in [1.29, 1.82) is 0 Å². The standard InChI is InChI=1S/C13H15NO2/c1-9(13(10(2)15)11(3)16)14-12-7-5-4-6-8-12/h4-8,15H,1-3H3. The lowest BCUT2D eigenvalue weighted by molar-refractivity contribution is -0.113. The van der Waals surface area contributed by atoms with E-state index in [1.807, 2.05) is 30.3 Å². The van der Waals surface area contributed by atoms with E-state index in [4.69, 9.17) is 0 Å². The average Bonchev–Trinajstić information content (AvgIpc) is 2.17. The average molecular weight is 217 g/mol. The Balaban J connectivity index is 3.11. The molecule has 0 amide bonds. The molecule has 84 valence electrons. The number of benzene rings is 1. The van der Waals surface area contributed by atoms with Gasteiger partial charge in [-0.05, 0) is 32.9 Å². The molecule has 0 aromatic heterocycles. The van der Waals surface area contributed by atoms with Crippen LogP contribution < -0.4 is 0 Å². The predicted molar refractivity (Wildman–Crippen MR) is 65.2 cm³/mol. The van der Waals surface area contributed by atoms with Gasteiger partial charge in [0.2, 0.25) is 0 Å². The zero-order valence-electron chi connectivity index (χ0n) is 9.69. The number of allylic oxidation sites excluding steroid dienone is 2. The number of carbonyl (C=O) groups excluding carboxylic acids is 1. The zero-order chi connectivity index (χ0) is 12.1. The highest BCUT2D eigenvalue weighted by atomic mass is 16.3. The Labute approximate surface area is 95.1 Å². The Morgan fingerprint density at radius 3 is 2.12 bits per heavy atom. The van der Waals surface area contributed by atoms with E-state index in [0.29, 0.717) is 5.71 Å². The molecule has 0 radical (unpaired) electrons. The maximum Gasteiger partial charge on any atom is 0.164 e. The molecule has 0 saturated carbocycles. The van der Waals surface area contributed by atoms with Crippen LogP contribution in [0.3, 0.4) is 0 Å². The normalized spacial score (nSPS) is 13.3. The van der Waals surface area contributed by atoms with Gasteiger partial charge in [0.1, 0.15) is 5.76 Å². The first-order valence-electron chi connectivity index (χ1n) is 5.04. The van der Waals surface area contributed by atoms with Gasteiger partial charge in [0.05, 0.1) is 17.0 Å². The van der Waals surface area contributed by atoms with Crippen LogP contribution in [0, 0.1) is 0 Å². The van der Waals surface area contributed by atoms with Gasteiger partial charge >= 0.3 is 0 Å². The van der Waals surface area contributed by atoms with Crippen LogP contribution >= 0.6 is 0 Å². The number of ketones is 1. The van der Waals surface area contributed by atoms with E-state index in [-0.39, 0.29) is 17.1 Å². The number of carbonyl (C=O) groups is 1. The molecule has 16 heavy (non-hydrogen) atoms. The fourth-order valence-corrected chi connectivity index (χ4v) is 1.52. The molecule has 0 fully saturated rings. The molecule has 0 aliphatic carbocycles. The van der Waals surface area contributed by atoms with Crippen LogP contribution in [-0.2, 0) is 4.79 Å². The van der Waals surface area contributed by atoms with Gasteiger partial charge in [-0.1, -0.05) is 18.2 Å². The number of aliphatic imine (C=N–C) groups is 1. The molecule has 3 nitrogen and oxygen atoms in total. The number of hydrogen-bond donors (Lipinski definition) is 1. The summed E-state index contributed by atoms with van der Waals surface area (Å²) in [5.74, 6) is -0.179. The van der Waals surface area contributed by atoms with Gasteiger partial charge < -0.3 is 5.11 Å². The minimum Gasteiger partial charge on any atom is -0.512 e. The number of para-hydroxylation sites is 1. The van der Waals surface area contributed by atoms with Gasteiger partial charge in [0.25, 0.3) is 0 Å². The molecule has 1 rings (SSSR count). The maximum absolute atomic E-state index is 11.3. The fourth-order valence-electron chi connectivity index (χ4n) is 1.52. The van der Waals surface area contributed by atoms with Crippen molar-refractivity contribution in [3.8, 4) is 0 Å². The molecule has 1 aromatic carbocycles. The summed E-state index contributed by atoms with van der Waals surface area (Å²) < 4.78 is 0. The van der Waals surface area contributed by atoms with Crippen molar-refractivity contribution in [1.82, 2.24) is 0 Å². The summed E-state index contributed by atoms with van der Waals surface area (Å²) in [5, 5.41) is 9.41. The Hall–Kier alpha value is -1.90. The molecular weight excluding hydrogens is 202 g/mol. The number of rotatable bonds is 3. The van der Waals surface area contributed by atoms with Gasteiger partial charge in [-0.25, -0.2) is 0 Å². The van der Waals surface area contributed by atoms with Crippen molar-refractivity contribution in [2.75, 3.05) is 0 Å². The van der Waals surface area contributed by atoms with E-state index in [2.05, 4.69) is 4.99 Å². The number of aliphatic hydroxyl groups is 1. The molecule has 1 N–H and O–H groups in total. The third kappa shape index (κ3) is 3.05. The molecule has 3 heteroatoms. The first kappa shape index (κ1) is 12.2. The van der Waals surface area contributed by atoms with E-state index in [1.54, 1.807) is 6.92 Å². The Kier molecular flexibility index (Phi) is 4.00. The first-order chi connectivity index (χ1) is 7.52. The molecule has 0 unspecified atom stereocenters. The van der Waals surface area contributed by atoms with E-state index in [1.165, 1.54) is 13.8 Å². The maximum atomic E-state index is 11.3. The largest absolute Gasteiger partial charge is 0.512 e. The molecule has 0 atom stereocenters. The molecule has 0 aliphatic heterocycles. The summed E-state index contributed by atoms with van der Waals surface area (Å²) in [6.45, 7) is 4.61. The molecule has 0 spiro atoms. The fraction of sp³-hybridized carbons (Fsp3) is 0.231. The molecular formula is C13H15NO2. The van der Waals surface area contributed by atoms with Gasteiger partial charge in [0.15, 0.2) is 5.78 Å². The predicted octanol–water partition coefficient (Wildman–Crippen LogP) is 3.20. The summed E-state index contributed by atoms with van der Waals surface area (Å²) in [4.78, 5) is 15.6. The van der Waals surface area contributed by atoms with E-state index in [0.717, 1.165) is 5.69 Å². The monoisotopic (exact) mass is 217 g/mol. The molecule has 0 bridgehead atoms. The van der Waals surface area contributed by atoms with Gasteiger partial charge in [0, 0.05) is 0 Å². The van der Waals surface area contributed by atoms with Crippen molar-refractivity contribution in [2.45, 2.75) is 20.8 Å². The molecule has 1 aromatic rings. The lowest BCUT2D eigenvalue weighted by atomic mass is 10.1. The van der Waals surface area contributed by atoms with Crippen LogP contribution in [0.5, 0.6) is 0 Å². The summed E-state index contributed by atoms with van der Waals surface area (Å²) in [6, 6.07) is 9.32. The topological polar surface area (TPSA) is 49.7 Å². The number of hydrogen-bond acceptors (Lipinski definition) is 3. The van der Waals surface area contributed by atoms with Crippen molar-refractivity contribution >= 4 is 17.2 Å².